The lowest BCUT2D eigenvalue weighted by molar-refractivity contribution is -0.133. The third-order valence-electron chi connectivity index (χ3n) is 3.69. The first kappa shape index (κ1) is 17.8. The summed E-state index contributed by atoms with van der Waals surface area (Å²) >= 11 is 0. The molecule has 0 aliphatic carbocycles. The zero-order valence-electron chi connectivity index (χ0n) is 12.5. The molecule has 1 fully saturated rings. The summed E-state index contributed by atoms with van der Waals surface area (Å²) in [4.78, 5) is 13.8. The van der Waals surface area contributed by atoms with Crippen molar-refractivity contribution in [2.24, 2.45) is 11.7 Å². The average Bonchev–Trinajstić information content (AvgIpc) is 2.46. The van der Waals surface area contributed by atoms with Crippen LogP contribution in [0.15, 0.2) is 30.3 Å². The van der Waals surface area contributed by atoms with Crippen molar-refractivity contribution < 1.29 is 9.53 Å². The van der Waals surface area contributed by atoms with Crippen LogP contribution in [0.2, 0.25) is 0 Å². The SMILES string of the molecule is CC(N)CC(=O)N1CCC(COc2ccccc2)CC1.Cl. The van der Waals surface area contributed by atoms with Crippen molar-refractivity contribution in [3.05, 3.63) is 30.3 Å². The van der Waals surface area contributed by atoms with Crippen LogP contribution < -0.4 is 10.5 Å². The lowest BCUT2D eigenvalue weighted by Crippen LogP contribution is -2.41. The maximum absolute atomic E-state index is 11.9. The van der Waals surface area contributed by atoms with Gasteiger partial charge in [-0.3, -0.25) is 4.79 Å². The van der Waals surface area contributed by atoms with Crippen LogP contribution in [0.1, 0.15) is 26.2 Å². The molecular weight excluding hydrogens is 288 g/mol. The molecule has 118 valence electrons. The lowest BCUT2D eigenvalue weighted by Gasteiger charge is -2.32. The highest BCUT2D eigenvalue weighted by atomic mass is 35.5. The van der Waals surface area contributed by atoms with Gasteiger partial charge in [0.1, 0.15) is 5.75 Å². The summed E-state index contributed by atoms with van der Waals surface area (Å²) in [5.74, 6) is 1.64. The maximum Gasteiger partial charge on any atom is 0.224 e. The predicted octanol–water partition coefficient (Wildman–Crippen LogP) is 2.46. The molecule has 0 saturated carbocycles. The molecule has 0 bridgehead atoms. The van der Waals surface area contributed by atoms with Gasteiger partial charge < -0.3 is 15.4 Å². The number of nitrogens with two attached hydrogens (primary N) is 1. The van der Waals surface area contributed by atoms with Crippen molar-refractivity contribution in [3.8, 4) is 5.75 Å². The largest absolute Gasteiger partial charge is 0.493 e. The molecule has 1 amide bonds. The average molecular weight is 313 g/mol. The Kier molecular flexibility index (Phi) is 7.54. The number of nitrogens with zero attached hydrogens (tertiary/aromatic N) is 1. The van der Waals surface area contributed by atoms with Crippen LogP contribution in [0, 0.1) is 5.92 Å². The van der Waals surface area contributed by atoms with Crippen LogP contribution in [0.5, 0.6) is 5.75 Å². The summed E-state index contributed by atoms with van der Waals surface area (Å²) in [6.07, 6.45) is 2.47. The molecule has 0 aromatic heterocycles. The van der Waals surface area contributed by atoms with Crippen molar-refractivity contribution in [1.29, 1.82) is 0 Å². The topological polar surface area (TPSA) is 55.6 Å². The Balaban J connectivity index is 0.00000220. The van der Waals surface area contributed by atoms with Crippen molar-refractivity contribution >= 4 is 18.3 Å². The molecule has 1 aliphatic rings. The maximum atomic E-state index is 11.9. The van der Waals surface area contributed by atoms with E-state index in [0.29, 0.717) is 12.3 Å². The number of amides is 1. The van der Waals surface area contributed by atoms with Gasteiger partial charge in [0.25, 0.3) is 0 Å². The van der Waals surface area contributed by atoms with Crippen LogP contribution >= 0.6 is 12.4 Å². The second-order valence-corrected chi connectivity index (χ2v) is 5.63. The van der Waals surface area contributed by atoms with Crippen LogP contribution in [-0.4, -0.2) is 36.5 Å². The summed E-state index contributed by atoms with van der Waals surface area (Å²) in [6, 6.07) is 9.83. The zero-order chi connectivity index (χ0) is 14.4. The summed E-state index contributed by atoms with van der Waals surface area (Å²) in [5, 5.41) is 0. The van der Waals surface area contributed by atoms with E-state index in [9.17, 15) is 4.79 Å². The van der Waals surface area contributed by atoms with Gasteiger partial charge in [-0.2, -0.15) is 0 Å². The first-order valence-corrected chi connectivity index (χ1v) is 7.36. The van der Waals surface area contributed by atoms with Crippen LogP contribution in [-0.2, 0) is 4.79 Å². The Labute approximate surface area is 133 Å². The number of hydrogen-bond acceptors (Lipinski definition) is 3. The predicted molar refractivity (Wildman–Crippen MR) is 86.8 cm³/mol. The van der Waals surface area contributed by atoms with Crippen molar-refractivity contribution in [2.45, 2.75) is 32.2 Å². The molecule has 2 rings (SSSR count). The van der Waals surface area contributed by atoms with Gasteiger partial charge in [0, 0.05) is 25.6 Å². The van der Waals surface area contributed by atoms with Crippen LogP contribution in [0.3, 0.4) is 0 Å². The van der Waals surface area contributed by atoms with Crippen molar-refractivity contribution in [2.75, 3.05) is 19.7 Å². The molecule has 1 atom stereocenters. The fraction of sp³-hybridized carbons (Fsp3) is 0.562. The zero-order valence-corrected chi connectivity index (χ0v) is 13.3. The molecular formula is C16H25ClN2O2. The molecule has 1 aromatic rings. The molecule has 0 spiro atoms. The minimum Gasteiger partial charge on any atom is -0.493 e. The van der Waals surface area contributed by atoms with Gasteiger partial charge in [0.2, 0.25) is 5.91 Å². The van der Waals surface area contributed by atoms with Gasteiger partial charge in [0.05, 0.1) is 6.61 Å². The first-order chi connectivity index (χ1) is 9.65. The van der Waals surface area contributed by atoms with Gasteiger partial charge in [-0.1, -0.05) is 18.2 Å². The minimum atomic E-state index is -0.0540. The molecule has 0 radical (unpaired) electrons. The Morgan fingerprint density at radius 1 is 1.33 bits per heavy atom. The quantitative estimate of drug-likeness (QED) is 0.908. The Hall–Kier alpha value is -1.26. The van der Waals surface area contributed by atoms with Crippen molar-refractivity contribution in [3.63, 3.8) is 0 Å². The number of halogens is 1. The van der Waals surface area contributed by atoms with E-state index >= 15 is 0 Å². The van der Waals surface area contributed by atoms with E-state index in [4.69, 9.17) is 10.5 Å². The van der Waals surface area contributed by atoms with E-state index in [1.54, 1.807) is 0 Å². The molecule has 2 N–H and O–H groups in total. The number of hydrogen-bond donors (Lipinski definition) is 1. The lowest BCUT2D eigenvalue weighted by atomic mass is 9.97. The third kappa shape index (κ3) is 5.94. The van der Waals surface area contributed by atoms with Crippen LogP contribution in [0.4, 0.5) is 0 Å². The fourth-order valence-corrected chi connectivity index (χ4v) is 2.48. The van der Waals surface area contributed by atoms with Gasteiger partial charge in [-0.25, -0.2) is 0 Å². The summed E-state index contributed by atoms with van der Waals surface area (Å²) < 4.78 is 5.78. The number of para-hydroxylation sites is 1. The van der Waals surface area contributed by atoms with Gasteiger partial charge in [0.15, 0.2) is 0 Å². The molecule has 5 heteroatoms. The normalized spacial score (nSPS) is 17.0. The molecule has 4 nitrogen and oxygen atoms in total. The van der Waals surface area contributed by atoms with E-state index < -0.39 is 0 Å². The Bertz CT molecular complexity index is 418. The Morgan fingerprint density at radius 3 is 2.52 bits per heavy atom. The third-order valence-corrected chi connectivity index (χ3v) is 3.69. The second kappa shape index (κ2) is 8.90. The van der Waals surface area contributed by atoms with E-state index in [1.165, 1.54) is 0 Å². The van der Waals surface area contributed by atoms with E-state index in [1.807, 2.05) is 42.2 Å². The van der Waals surface area contributed by atoms with E-state index in [0.717, 1.165) is 38.3 Å². The van der Waals surface area contributed by atoms with Gasteiger partial charge >= 0.3 is 0 Å². The second-order valence-electron chi connectivity index (χ2n) is 5.63. The number of carbonyl (C=O) groups excluding carboxylic acids is 1. The van der Waals surface area contributed by atoms with Crippen LogP contribution in [0.25, 0.3) is 0 Å². The standard InChI is InChI=1S/C16H24N2O2.ClH/c1-13(17)11-16(19)18-9-7-14(8-10-18)12-20-15-5-3-2-4-6-15;/h2-6,13-14H,7-12,17H2,1H3;1H. The Morgan fingerprint density at radius 2 is 1.95 bits per heavy atom. The molecule has 1 saturated heterocycles. The van der Waals surface area contributed by atoms with E-state index in [2.05, 4.69) is 0 Å². The molecule has 1 heterocycles. The van der Waals surface area contributed by atoms with Gasteiger partial charge in [-0.15, -0.1) is 12.4 Å². The number of carbonyl (C=O) groups is 1. The molecule has 1 unspecified atom stereocenters. The fourth-order valence-electron chi connectivity index (χ4n) is 2.48. The van der Waals surface area contributed by atoms with E-state index in [-0.39, 0.29) is 24.4 Å². The monoisotopic (exact) mass is 312 g/mol. The summed E-state index contributed by atoms with van der Waals surface area (Å²) in [7, 11) is 0. The van der Waals surface area contributed by atoms with Gasteiger partial charge in [-0.05, 0) is 37.8 Å². The highest BCUT2D eigenvalue weighted by Gasteiger charge is 2.23. The molecule has 1 aliphatic heterocycles. The first-order valence-electron chi connectivity index (χ1n) is 7.36. The minimum absolute atomic E-state index is 0. The summed E-state index contributed by atoms with van der Waals surface area (Å²) in [5.41, 5.74) is 5.67. The molecule has 1 aromatic carbocycles. The highest BCUT2D eigenvalue weighted by Crippen LogP contribution is 2.20. The number of benzene rings is 1. The molecule has 21 heavy (non-hydrogen) atoms. The number of piperidine rings is 1. The highest BCUT2D eigenvalue weighted by molar-refractivity contribution is 5.85. The summed E-state index contributed by atoms with van der Waals surface area (Å²) in [6.45, 7) is 4.26. The number of rotatable bonds is 5. The number of likely N-dealkylation sites (tertiary alicyclic amines) is 1. The number of ether oxygens (including phenoxy) is 1. The smallest absolute Gasteiger partial charge is 0.224 e. The van der Waals surface area contributed by atoms with Crippen molar-refractivity contribution in [1.82, 2.24) is 4.90 Å².